The third-order valence-electron chi connectivity index (χ3n) is 3.85. The molecule has 1 N–H and O–H groups in total. The van der Waals surface area contributed by atoms with E-state index in [0.717, 1.165) is 6.42 Å². The van der Waals surface area contributed by atoms with Gasteiger partial charge in [-0.15, -0.1) is 0 Å². The number of carbonyl (C=O) groups excluding carboxylic acids is 2. The van der Waals surface area contributed by atoms with Crippen molar-refractivity contribution in [3.63, 3.8) is 0 Å². The monoisotopic (exact) mass is 302 g/mol. The molecule has 1 unspecified atom stereocenters. The SMILES string of the molecule is CNC(=O)c1cnn(C2CCN(C(=O)c3ccn(C)n3)C2)c1. The van der Waals surface area contributed by atoms with Crippen LogP contribution in [0.5, 0.6) is 0 Å². The second-order valence-electron chi connectivity index (χ2n) is 5.36. The van der Waals surface area contributed by atoms with Crippen LogP contribution in [0.25, 0.3) is 0 Å². The third kappa shape index (κ3) is 2.59. The number of nitrogens with zero attached hydrogens (tertiary/aromatic N) is 5. The Kier molecular flexibility index (Phi) is 3.66. The van der Waals surface area contributed by atoms with Crippen LogP contribution in [0.1, 0.15) is 33.3 Å². The van der Waals surface area contributed by atoms with E-state index in [1.54, 1.807) is 53.0 Å². The first-order chi connectivity index (χ1) is 10.6. The summed E-state index contributed by atoms with van der Waals surface area (Å²) in [7, 11) is 3.37. The van der Waals surface area contributed by atoms with Crippen LogP contribution in [0.4, 0.5) is 0 Å². The van der Waals surface area contributed by atoms with Crippen LogP contribution in [0.3, 0.4) is 0 Å². The highest BCUT2D eigenvalue weighted by atomic mass is 16.2. The van der Waals surface area contributed by atoms with Gasteiger partial charge in [0.25, 0.3) is 11.8 Å². The van der Waals surface area contributed by atoms with Crippen molar-refractivity contribution < 1.29 is 9.59 Å². The molecule has 0 spiro atoms. The molecular weight excluding hydrogens is 284 g/mol. The van der Waals surface area contributed by atoms with Gasteiger partial charge in [0.2, 0.25) is 0 Å². The van der Waals surface area contributed by atoms with Crippen molar-refractivity contribution in [2.45, 2.75) is 12.5 Å². The molecule has 116 valence electrons. The molecule has 1 atom stereocenters. The summed E-state index contributed by atoms with van der Waals surface area (Å²) in [5.74, 6) is -0.229. The summed E-state index contributed by atoms with van der Waals surface area (Å²) >= 11 is 0. The van der Waals surface area contributed by atoms with Gasteiger partial charge in [0, 0.05) is 39.6 Å². The summed E-state index contributed by atoms with van der Waals surface area (Å²) < 4.78 is 3.38. The minimum Gasteiger partial charge on any atom is -0.355 e. The number of rotatable bonds is 3. The van der Waals surface area contributed by atoms with E-state index in [1.165, 1.54) is 0 Å². The number of aromatic nitrogens is 4. The molecule has 1 saturated heterocycles. The molecule has 0 radical (unpaired) electrons. The topological polar surface area (TPSA) is 85.0 Å². The average Bonchev–Trinajstić information content (AvgIpc) is 3.24. The van der Waals surface area contributed by atoms with Crippen molar-refractivity contribution in [3.8, 4) is 0 Å². The molecule has 1 fully saturated rings. The second kappa shape index (κ2) is 5.63. The van der Waals surface area contributed by atoms with E-state index >= 15 is 0 Å². The van der Waals surface area contributed by atoms with Gasteiger partial charge >= 0.3 is 0 Å². The Morgan fingerprint density at radius 1 is 1.41 bits per heavy atom. The van der Waals surface area contributed by atoms with Crippen LogP contribution in [0.15, 0.2) is 24.7 Å². The summed E-state index contributed by atoms with van der Waals surface area (Å²) in [5, 5.41) is 10.9. The van der Waals surface area contributed by atoms with E-state index in [1.807, 2.05) is 0 Å². The Morgan fingerprint density at radius 3 is 2.91 bits per heavy atom. The lowest BCUT2D eigenvalue weighted by atomic mass is 10.2. The molecule has 2 amide bonds. The van der Waals surface area contributed by atoms with Gasteiger partial charge < -0.3 is 10.2 Å². The Morgan fingerprint density at radius 2 is 2.23 bits per heavy atom. The van der Waals surface area contributed by atoms with E-state index < -0.39 is 0 Å². The van der Waals surface area contributed by atoms with Crippen molar-refractivity contribution in [2.75, 3.05) is 20.1 Å². The van der Waals surface area contributed by atoms with E-state index in [0.29, 0.717) is 24.3 Å². The van der Waals surface area contributed by atoms with E-state index in [-0.39, 0.29) is 17.9 Å². The van der Waals surface area contributed by atoms with Crippen LogP contribution in [-0.4, -0.2) is 56.4 Å². The standard InChI is InChI=1S/C14H18N6O2/c1-15-13(21)10-7-16-20(8-10)11-3-6-19(9-11)14(22)12-4-5-18(2)17-12/h4-5,7-8,11H,3,6,9H2,1-2H3,(H,15,21). The minimum atomic E-state index is -0.161. The summed E-state index contributed by atoms with van der Waals surface area (Å²) in [6.07, 6.45) is 5.83. The third-order valence-corrected chi connectivity index (χ3v) is 3.85. The van der Waals surface area contributed by atoms with E-state index in [4.69, 9.17) is 0 Å². The molecule has 1 aliphatic heterocycles. The van der Waals surface area contributed by atoms with E-state index in [9.17, 15) is 9.59 Å². The molecule has 1 aliphatic rings. The Balaban J connectivity index is 1.68. The van der Waals surface area contributed by atoms with Crippen molar-refractivity contribution in [2.24, 2.45) is 7.05 Å². The first-order valence-electron chi connectivity index (χ1n) is 7.13. The van der Waals surface area contributed by atoms with Gasteiger partial charge in [0.1, 0.15) is 5.69 Å². The van der Waals surface area contributed by atoms with Crippen LogP contribution < -0.4 is 5.32 Å². The number of likely N-dealkylation sites (tertiary alicyclic amines) is 1. The quantitative estimate of drug-likeness (QED) is 0.869. The molecule has 2 aromatic rings. The molecule has 0 aromatic carbocycles. The highest BCUT2D eigenvalue weighted by Crippen LogP contribution is 2.22. The highest BCUT2D eigenvalue weighted by Gasteiger charge is 2.29. The fourth-order valence-corrected chi connectivity index (χ4v) is 2.63. The Bertz CT molecular complexity index is 704. The van der Waals surface area contributed by atoms with Crippen molar-refractivity contribution in [3.05, 3.63) is 35.9 Å². The zero-order valence-corrected chi connectivity index (χ0v) is 12.6. The van der Waals surface area contributed by atoms with Crippen LogP contribution in [-0.2, 0) is 7.05 Å². The average molecular weight is 302 g/mol. The normalized spacial score (nSPS) is 17.7. The summed E-state index contributed by atoms with van der Waals surface area (Å²) in [6, 6.07) is 1.80. The molecular formula is C14H18N6O2. The molecule has 0 aliphatic carbocycles. The second-order valence-corrected chi connectivity index (χ2v) is 5.36. The lowest BCUT2D eigenvalue weighted by Gasteiger charge is -2.15. The summed E-state index contributed by atoms with van der Waals surface area (Å²) in [4.78, 5) is 25.7. The molecule has 8 heteroatoms. The number of nitrogens with one attached hydrogen (secondary N) is 1. The summed E-state index contributed by atoms with van der Waals surface area (Å²) in [5.41, 5.74) is 0.978. The molecule has 3 rings (SSSR count). The summed E-state index contributed by atoms with van der Waals surface area (Å²) in [6.45, 7) is 1.24. The lowest BCUT2D eigenvalue weighted by molar-refractivity contribution is 0.0780. The fourth-order valence-electron chi connectivity index (χ4n) is 2.63. The van der Waals surface area contributed by atoms with Crippen molar-refractivity contribution >= 4 is 11.8 Å². The largest absolute Gasteiger partial charge is 0.355 e. The van der Waals surface area contributed by atoms with Gasteiger partial charge in [-0.1, -0.05) is 0 Å². The Labute approximate surface area is 127 Å². The van der Waals surface area contributed by atoms with Crippen LogP contribution >= 0.6 is 0 Å². The Hall–Kier alpha value is -2.64. The van der Waals surface area contributed by atoms with Gasteiger partial charge in [-0.2, -0.15) is 10.2 Å². The number of carbonyl (C=O) groups is 2. The number of hydrogen-bond acceptors (Lipinski definition) is 4. The molecule has 22 heavy (non-hydrogen) atoms. The zero-order chi connectivity index (χ0) is 15.7. The molecule has 0 saturated carbocycles. The zero-order valence-electron chi connectivity index (χ0n) is 12.6. The van der Waals surface area contributed by atoms with E-state index in [2.05, 4.69) is 15.5 Å². The van der Waals surface area contributed by atoms with Crippen LogP contribution in [0, 0.1) is 0 Å². The van der Waals surface area contributed by atoms with Gasteiger partial charge in [-0.3, -0.25) is 19.0 Å². The van der Waals surface area contributed by atoms with Crippen LogP contribution in [0.2, 0.25) is 0 Å². The predicted octanol–water partition coefficient (Wildman–Crippen LogP) is 0.0634. The maximum atomic E-state index is 12.4. The van der Waals surface area contributed by atoms with Gasteiger partial charge in [-0.05, 0) is 12.5 Å². The van der Waals surface area contributed by atoms with Gasteiger partial charge in [0.15, 0.2) is 0 Å². The minimum absolute atomic E-state index is 0.0678. The van der Waals surface area contributed by atoms with Crippen molar-refractivity contribution in [1.82, 2.24) is 29.8 Å². The fraction of sp³-hybridized carbons (Fsp3) is 0.429. The molecule has 3 heterocycles. The first-order valence-corrected chi connectivity index (χ1v) is 7.13. The number of amides is 2. The molecule has 2 aromatic heterocycles. The van der Waals surface area contributed by atoms with Crippen molar-refractivity contribution in [1.29, 1.82) is 0 Å². The van der Waals surface area contributed by atoms with Gasteiger partial charge in [0.05, 0.1) is 17.8 Å². The first kappa shape index (κ1) is 14.3. The number of hydrogen-bond donors (Lipinski definition) is 1. The lowest BCUT2D eigenvalue weighted by Crippen LogP contribution is -2.29. The molecule has 8 nitrogen and oxygen atoms in total. The maximum absolute atomic E-state index is 12.4. The van der Waals surface area contributed by atoms with Gasteiger partial charge in [-0.25, -0.2) is 0 Å². The highest BCUT2D eigenvalue weighted by molar-refractivity contribution is 5.93. The number of aryl methyl sites for hydroxylation is 1. The molecule has 0 bridgehead atoms. The predicted molar refractivity (Wildman–Crippen MR) is 78.4 cm³/mol. The smallest absolute Gasteiger partial charge is 0.274 e. The maximum Gasteiger partial charge on any atom is 0.274 e.